The van der Waals surface area contributed by atoms with Gasteiger partial charge in [0.25, 0.3) is 5.91 Å². The van der Waals surface area contributed by atoms with Crippen molar-refractivity contribution in [3.8, 4) is 0 Å². The second kappa shape index (κ2) is 9.34. The molecule has 1 fully saturated rings. The molecule has 1 amide bonds. The molecule has 8 nitrogen and oxygen atoms in total. The Labute approximate surface area is 168 Å². The Morgan fingerprint density at radius 1 is 1.14 bits per heavy atom. The second-order valence-corrected chi connectivity index (χ2v) is 10.8. The number of nitrogens with one attached hydrogen (secondary N) is 1. The third kappa shape index (κ3) is 5.76. The van der Waals surface area contributed by atoms with Crippen molar-refractivity contribution in [2.75, 3.05) is 39.0 Å². The lowest BCUT2D eigenvalue weighted by atomic mass is 10.0. The van der Waals surface area contributed by atoms with Crippen molar-refractivity contribution in [3.05, 3.63) is 29.8 Å². The van der Waals surface area contributed by atoms with Gasteiger partial charge >= 0.3 is 0 Å². The minimum absolute atomic E-state index is 0.0678. The Balaban J connectivity index is 2.12. The molecule has 1 aliphatic rings. The molecule has 0 aliphatic carbocycles. The van der Waals surface area contributed by atoms with E-state index in [4.69, 9.17) is 0 Å². The van der Waals surface area contributed by atoms with Gasteiger partial charge in [-0.2, -0.15) is 4.31 Å². The molecule has 1 unspecified atom stereocenters. The number of sulfonamides is 2. The summed E-state index contributed by atoms with van der Waals surface area (Å²) in [5, 5.41) is 0. The van der Waals surface area contributed by atoms with Crippen molar-refractivity contribution in [1.82, 2.24) is 13.9 Å². The molecule has 1 aromatic rings. The van der Waals surface area contributed by atoms with Crippen LogP contribution in [0.3, 0.4) is 0 Å². The third-order valence-corrected chi connectivity index (χ3v) is 7.48. The van der Waals surface area contributed by atoms with Gasteiger partial charge in [-0.1, -0.05) is 0 Å². The first-order valence-electron chi connectivity index (χ1n) is 9.42. The average Bonchev–Trinajstić information content (AvgIpc) is 2.67. The summed E-state index contributed by atoms with van der Waals surface area (Å²) < 4.78 is 52.3. The van der Waals surface area contributed by atoms with Crippen molar-refractivity contribution in [2.24, 2.45) is 5.92 Å². The monoisotopic (exact) mass is 431 g/mol. The normalized spacial score (nSPS) is 18.8. The molecular weight excluding hydrogens is 402 g/mol. The molecule has 1 atom stereocenters. The van der Waals surface area contributed by atoms with Crippen LogP contribution in [-0.2, 0) is 20.0 Å². The number of benzene rings is 1. The van der Waals surface area contributed by atoms with Gasteiger partial charge in [0.2, 0.25) is 20.0 Å². The highest BCUT2D eigenvalue weighted by Crippen LogP contribution is 2.24. The smallest absolute Gasteiger partial charge is 0.253 e. The standard InChI is InChI=1S/C18H29N3O5S2/c1-4-20(5-2)18(22)16-8-10-17(11-9-16)28(25,26)21-12-6-7-15(14-21)13-19-27(3,23)24/h8-11,15,19H,4-7,12-14H2,1-3H3. The molecule has 28 heavy (non-hydrogen) atoms. The van der Waals surface area contributed by atoms with Gasteiger partial charge in [0.1, 0.15) is 0 Å². The van der Waals surface area contributed by atoms with Crippen LogP contribution in [0.25, 0.3) is 0 Å². The van der Waals surface area contributed by atoms with E-state index in [0.717, 1.165) is 12.7 Å². The Hall–Kier alpha value is -1.49. The van der Waals surface area contributed by atoms with E-state index in [0.29, 0.717) is 31.6 Å². The Morgan fingerprint density at radius 3 is 2.29 bits per heavy atom. The van der Waals surface area contributed by atoms with Gasteiger partial charge in [-0.05, 0) is 56.9 Å². The van der Waals surface area contributed by atoms with Gasteiger partial charge in [0.15, 0.2) is 0 Å². The Morgan fingerprint density at radius 2 is 1.75 bits per heavy atom. The van der Waals surface area contributed by atoms with Crippen molar-refractivity contribution in [2.45, 2.75) is 31.6 Å². The van der Waals surface area contributed by atoms with Crippen molar-refractivity contribution in [3.63, 3.8) is 0 Å². The predicted molar refractivity (Wildman–Crippen MR) is 108 cm³/mol. The van der Waals surface area contributed by atoms with Crippen LogP contribution in [-0.4, -0.2) is 70.9 Å². The molecule has 1 saturated heterocycles. The fourth-order valence-corrected chi connectivity index (χ4v) is 5.39. The van der Waals surface area contributed by atoms with Gasteiger partial charge in [0, 0.05) is 38.3 Å². The van der Waals surface area contributed by atoms with Crippen LogP contribution >= 0.6 is 0 Å². The zero-order valence-corrected chi connectivity index (χ0v) is 18.2. The highest BCUT2D eigenvalue weighted by molar-refractivity contribution is 7.89. The van der Waals surface area contributed by atoms with E-state index in [1.807, 2.05) is 13.8 Å². The first kappa shape index (κ1) is 22.8. The SMILES string of the molecule is CCN(CC)C(=O)c1ccc(S(=O)(=O)N2CCCC(CNS(C)(=O)=O)C2)cc1. The van der Waals surface area contributed by atoms with E-state index in [-0.39, 0.29) is 29.8 Å². The molecule has 1 aliphatic heterocycles. The maximum Gasteiger partial charge on any atom is 0.253 e. The second-order valence-electron chi connectivity index (χ2n) is 6.99. The highest BCUT2D eigenvalue weighted by atomic mass is 32.2. The minimum atomic E-state index is -3.69. The zero-order valence-electron chi connectivity index (χ0n) is 16.6. The van der Waals surface area contributed by atoms with Crippen LogP contribution in [0.1, 0.15) is 37.0 Å². The number of rotatable bonds is 8. The summed E-state index contributed by atoms with van der Waals surface area (Å²) in [6.07, 6.45) is 2.53. The summed E-state index contributed by atoms with van der Waals surface area (Å²) in [4.78, 5) is 14.2. The number of hydrogen-bond acceptors (Lipinski definition) is 5. The lowest BCUT2D eigenvalue weighted by Crippen LogP contribution is -2.43. The molecule has 0 bridgehead atoms. The first-order chi connectivity index (χ1) is 13.1. The molecule has 158 valence electrons. The highest BCUT2D eigenvalue weighted by Gasteiger charge is 2.30. The van der Waals surface area contributed by atoms with Gasteiger partial charge < -0.3 is 4.90 Å². The van der Waals surface area contributed by atoms with E-state index in [1.165, 1.54) is 16.4 Å². The molecule has 2 rings (SSSR count). The number of amides is 1. The maximum absolute atomic E-state index is 13.0. The fourth-order valence-electron chi connectivity index (χ4n) is 3.29. The minimum Gasteiger partial charge on any atom is -0.339 e. The number of carbonyl (C=O) groups excluding carboxylic acids is 1. The fraction of sp³-hybridized carbons (Fsp3) is 0.611. The number of piperidine rings is 1. The number of carbonyl (C=O) groups is 1. The van der Waals surface area contributed by atoms with Crippen LogP contribution in [0.5, 0.6) is 0 Å². The van der Waals surface area contributed by atoms with E-state index in [2.05, 4.69) is 4.72 Å². The first-order valence-corrected chi connectivity index (χ1v) is 12.8. The Kier molecular flexibility index (Phi) is 7.60. The van der Waals surface area contributed by atoms with Gasteiger partial charge in [-0.15, -0.1) is 0 Å². The molecular formula is C18H29N3O5S2. The summed E-state index contributed by atoms with van der Waals surface area (Å²) in [6.45, 7) is 5.86. The summed E-state index contributed by atoms with van der Waals surface area (Å²) in [5.41, 5.74) is 0.455. The van der Waals surface area contributed by atoms with Crippen LogP contribution in [0, 0.1) is 5.92 Å². The largest absolute Gasteiger partial charge is 0.339 e. The van der Waals surface area contributed by atoms with Crippen LogP contribution in [0.2, 0.25) is 0 Å². The number of nitrogens with zero attached hydrogens (tertiary/aromatic N) is 2. The predicted octanol–water partition coefficient (Wildman–Crippen LogP) is 1.12. The van der Waals surface area contributed by atoms with Crippen LogP contribution < -0.4 is 4.72 Å². The van der Waals surface area contributed by atoms with Gasteiger partial charge in [-0.3, -0.25) is 4.79 Å². The molecule has 0 radical (unpaired) electrons. The zero-order chi connectivity index (χ0) is 20.9. The molecule has 0 spiro atoms. The molecule has 1 N–H and O–H groups in total. The van der Waals surface area contributed by atoms with E-state index >= 15 is 0 Å². The van der Waals surface area contributed by atoms with Crippen LogP contribution in [0.4, 0.5) is 0 Å². The summed E-state index contributed by atoms with van der Waals surface area (Å²) >= 11 is 0. The number of hydrogen-bond donors (Lipinski definition) is 1. The maximum atomic E-state index is 13.0. The summed E-state index contributed by atoms with van der Waals surface area (Å²) in [6, 6.07) is 6.01. The van der Waals surface area contributed by atoms with E-state index in [1.54, 1.807) is 17.0 Å². The molecule has 1 aromatic carbocycles. The van der Waals surface area contributed by atoms with Gasteiger partial charge in [0.05, 0.1) is 11.2 Å². The quantitative estimate of drug-likeness (QED) is 0.664. The van der Waals surface area contributed by atoms with E-state index < -0.39 is 20.0 Å². The Bertz CT molecular complexity index is 878. The van der Waals surface area contributed by atoms with Crippen molar-refractivity contribution in [1.29, 1.82) is 0 Å². The average molecular weight is 432 g/mol. The summed E-state index contributed by atoms with van der Waals surface area (Å²) in [7, 11) is -7.00. The summed E-state index contributed by atoms with van der Waals surface area (Å²) in [5.74, 6) is -0.194. The van der Waals surface area contributed by atoms with Gasteiger partial charge in [-0.25, -0.2) is 21.6 Å². The topological polar surface area (TPSA) is 104 Å². The van der Waals surface area contributed by atoms with Crippen molar-refractivity contribution >= 4 is 26.0 Å². The molecule has 0 aromatic heterocycles. The lowest BCUT2D eigenvalue weighted by molar-refractivity contribution is 0.0773. The lowest BCUT2D eigenvalue weighted by Gasteiger charge is -2.32. The third-order valence-electron chi connectivity index (χ3n) is 4.91. The molecule has 0 saturated carbocycles. The van der Waals surface area contributed by atoms with Crippen molar-refractivity contribution < 1.29 is 21.6 Å². The van der Waals surface area contributed by atoms with E-state index in [9.17, 15) is 21.6 Å². The molecule has 10 heteroatoms. The molecule has 1 heterocycles. The van der Waals surface area contributed by atoms with Crippen LogP contribution in [0.15, 0.2) is 29.2 Å².